The van der Waals surface area contributed by atoms with E-state index in [1.165, 1.54) is 5.56 Å². The number of piperazine rings is 1. The van der Waals surface area contributed by atoms with Gasteiger partial charge in [0.05, 0.1) is 0 Å². The third-order valence-electron chi connectivity index (χ3n) is 3.96. The topological polar surface area (TPSA) is 40.1 Å². The lowest BCUT2D eigenvalue weighted by Crippen LogP contribution is -2.46. The Morgan fingerprint density at radius 1 is 1.14 bits per heavy atom. The Labute approximate surface area is 130 Å². The summed E-state index contributed by atoms with van der Waals surface area (Å²) in [7, 11) is 0. The van der Waals surface area contributed by atoms with Crippen molar-refractivity contribution in [3.05, 3.63) is 40.7 Å². The molecule has 2 aromatic rings. The Kier molecular flexibility index (Phi) is 4.36. The fourth-order valence-electron chi connectivity index (χ4n) is 2.78. The Morgan fingerprint density at radius 3 is 2.52 bits per heavy atom. The van der Waals surface area contributed by atoms with E-state index < -0.39 is 0 Å². The van der Waals surface area contributed by atoms with E-state index in [-0.39, 0.29) is 0 Å². The zero-order valence-electron chi connectivity index (χ0n) is 12.3. The minimum Gasteiger partial charge on any atom is -0.338 e. The molecule has 1 saturated heterocycles. The van der Waals surface area contributed by atoms with E-state index in [0.717, 1.165) is 45.2 Å². The molecule has 0 amide bonds. The van der Waals surface area contributed by atoms with Gasteiger partial charge in [0.1, 0.15) is 0 Å². The van der Waals surface area contributed by atoms with E-state index in [2.05, 4.69) is 61.8 Å². The van der Waals surface area contributed by atoms with Crippen LogP contribution in [0.2, 0.25) is 0 Å². The average molecular weight is 303 g/mol. The fraction of sp³-hybridized carbons (Fsp3) is 0.467. The first-order valence-electron chi connectivity index (χ1n) is 7.44. The monoisotopic (exact) mass is 303 g/mol. The summed E-state index contributed by atoms with van der Waals surface area (Å²) in [5.41, 5.74) is 1.38. The number of nitrogens with one attached hydrogen (secondary N) is 1. The quantitative estimate of drug-likeness (QED) is 0.880. The van der Waals surface area contributed by atoms with Crippen molar-refractivity contribution in [2.75, 3.05) is 31.1 Å². The molecule has 1 aromatic carbocycles. The second-order valence-corrected chi connectivity index (χ2v) is 5.71. The number of hydrogen-bond donors (Lipinski definition) is 1. The van der Waals surface area contributed by atoms with Crippen LogP contribution >= 0.6 is 12.2 Å². The Balaban J connectivity index is 1.61. The van der Waals surface area contributed by atoms with E-state index in [1.54, 1.807) is 0 Å². The van der Waals surface area contributed by atoms with Gasteiger partial charge in [-0.15, -0.1) is 5.10 Å². The van der Waals surface area contributed by atoms with Crippen LogP contribution in [0.25, 0.3) is 0 Å². The molecule has 1 aromatic heterocycles. The molecule has 0 bridgehead atoms. The number of aromatic nitrogens is 3. The lowest BCUT2D eigenvalue weighted by molar-refractivity contribution is 0.248. The molecule has 5 nitrogen and oxygen atoms in total. The predicted molar refractivity (Wildman–Crippen MR) is 87.0 cm³/mol. The molecule has 6 heteroatoms. The number of nitrogens with zero attached hydrogens (tertiary/aromatic N) is 4. The molecule has 3 rings (SSSR count). The van der Waals surface area contributed by atoms with E-state index in [1.807, 2.05) is 0 Å². The second-order valence-electron chi connectivity index (χ2n) is 5.32. The number of aromatic amines is 1. The maximum Gasteiger partial charge on any atom is 0.225 e. The van der Waals surface area contributed by atoms with Crippen LogP contribution in [0.4, 0.5) is 5.95 Å². The zero-order chi connectivity index (χ0) is 14.7. The summed E-state index contributed by atoms with van der Waals surface area (Å²) in [6.07, 6.45) is 0. The summed E-state index contributed by atoms with van der Waals surface area (Å²) in [5.74, 6) is 0.974. The molecule has 0 atom stereocenters. The highest BCUT2D eigenvalue weighted by Crippen LogP contribution is 2.15. The first-order valence-corrected chi connectivity index (χ1v) is 7.85. The second kappa shape index (κ2) is 6.41. The molecule has 1 fully saturated rings. The highest BCUT2D eigenvalue weighted by molar-refractivity contribution is 7.71. The first kappa shape index (κ1) is 14.3. The molecule has 1 aliphatic rings. The van der Waals surface area contributed by atoms with Gasteiger partial charge >= 0.3 is 0 Å². The van der Waals surface area contributed by atoms with Crippen molar-refractivity contribution in [2.24, 2.45) is 0 Å². The van der Waals surface area contributed by atoms with Gasteiger partial charge in [-0.3, -0.25) is 9.47 Å². The summed E-state index contributed by atoms with van der Waals surface area (Å²) in [4.78, 5) is 4.81. The number of anilines is 1. The van der Waals surface area contributed by atoms with Crippen molar-refractivity contribution >= 4 is 18.2 Å². The van der Waals surface area contributed by atoms with Crippen molar-refractivity contribution in [3.63, 3.8) is 0 Å². The first-order chi connectivity index (χ1) is 10.3. The van der Waals surface area contributed by atoms with Crippen LogP contribution < -0.4 is 4.90 Å². The molecule has 112 valence electrons. The van der Waals surface area contributed by atoms with Crippen LogP contribution in [-0.2, 0) is 13.1 Å². The van der Waals surface area contributed by atoms with Gasteiger partial charge in [0.25, 0.3) is 0 Å². The highest BCUT2D eigenvalue weighted by Gasteiger charge is 2.20. The summed E-state index contributed by atoms with van der Waals surface area (Å²) in [5, 5.41) is 7.27. The predicted octanol–water partition coefficient (Wildman–Crippen LogP) is 2.28. The van der Waals surface area contributed by atoms with Gasteiger partial charge in [-0.05, 0) is 24.7 Å². The van der Waals surface area contributed by atoms with Crippen LogP contribution in [-0.4, -0.2) is 45.8 Å². The molecule has 1 N–H and O–H groups in total. The smallest absolute Gasteiger partial charge is 0.225 e. The number of H-pyrrole nitrogens is 1. The van der Waals surface area contributed by atoms with Crippen LogP contribution in [0, 0.1) is 4.77 Å². The van der Waals surface area contributed by atoms with Crippen molar-refractivity contribution in [1.82, 2.24) is 19.7 Å². The molecule has 0 spiro atoms. The number of benzene rings is 1. The molecular formula is C15H21N5S. The Bertz CT molecular complexity index is 625. The third kappa shape index (κ3) is 3.16. The van der Waals surface area contributed by atoms with E-state index >= 15 is 0 Å². The molecule has 21 heavy (non-hydrogen) atoms. The van der Waals surface area contributed by atoms with Crippen LogP contribution in [0.15, 0.2) is 30.3 Å². The maximum atomic E-state index is 5.26. The SMILES string of the molecule is CCn1c(N2CCN(Cc3ccccc3)CC2)n[nH]c1=S. The van der Waals surface area contributed by atoms with Crippen LogP contribution in [0.1, 0.15) is 12.5 Å². The van der Waals surface area contributed by atoms with Crippen molar-refractivity contribution in [1.29, 1.82) is 0 Å². The van der Waals surface area contributed by atoms with Crippen molar-refractivity contribution in [2.45, 2.75) is 20.0 Å². The minimum absolute atomic E-state index is 0.708. The molecule has 2 heterocycles. The summed E-state index contributed by atoms with van der Waals surface area (Å²) < 4.78 is 2.77. The summed E-state index contributed by atoms with van der Waals surface area (Å²) in [6, 6.07) is 10.6. The fourth-order valence-corrected chi connectivity index (χ4v) is 3.04. The number of rotatable bonds is 4. The van der Waals surface area contributed by atoms with Crippen molar-refractivity contribution < 1.29 is 0 Å². The molecule has 0 unspecified atom stereocenters. The van der Waals surface area contributed by atoms with E-state index in [9.17, 15) is 0 Å². The summed E-state index contributed by atoms with van der Waals surface area (Å²) >= 11 is 5.26. The Hall–Kier alpha value is -1.66. The van der Waals surface area contributed by atoms with Gasteiger partial charge in [0.15, 0.2) is 4.77 Å². The van der Waals surface area contributed by atoms with Gasteiger partial charge in [-0.2, -0.15) is 0 Å². The number of hydrogen-bond acceptors (Lipinski definition) is 4. The molecule has 0 radical (unpaired) electrons. The van der Waals surface area contributed by atoms with Gasteiger partial charge in [0, 0.05) is 39.3 Å². The lowest BCUT2D eigenvalue weighted by atomic mass is 10.2. The molecule has 1 aliphatic heterocycles. The molecule has 0 saturated carbocycles. The van der Waals surface area contributed by atoms with E-state index in [0.29, 0.717) is 4.77 Å². The average Bonchev–Trinajstić information content (AvgIpc) is 2.90. The standard InChI is InChI=1S/C15H21N5S/c1-2-20-14(16-17-15(20)21)19-10-8-18(9-11-19)12-13-6-4-3-5-7-13/h3-7H,2,8-12H2,1H3,(H,17,21). The van der Waals surface area contributed by atoms with Crippen molar-refractivity contribution in [3.8, 4) is 0 Å². The maximum absolute atomic E-state index is 5.26. The van der Waals surface area contributed by atoms with Gasteiger partial charge < -0.3 is 4.90 Å². The third-order valence-corrected chi connectivity index (χ3v) is 4.27. The lowest BCUT2D eigenvalue weighted by Gasteiger charge is -2.35. The van der Waals surface area contributed by atoms with Gasteiger partial charge in [-0.1, -0.05) is 30.3 Å². The zero-order valence-corrected chi connectivity index (χ0v) is 13.1. The normalized spacial score (nSPS) is 16.3. The van der Waals surface area contributed by atoms with Gasteiger partial charge in [-0.25, -0.2) is 5.10 Å². The minimum atomic E-state index is 0.708. The molecular weight excluding hydrogens is 282 g/mol. The Morgan fingerprint density at radius 2 is 1.86 bits per heavy atom. The molecule has 0 aliphatic carbocycles. The van der Waals surface area contributed by atoms with Gasteiger partial charge in [0.2, 0.25) is 5.95 Å². The summed E-state index contributed by atoms with van der Waals surface area (Å²) in [6.45, 7) is 8.07. The van der Waals surface area contributed by atoms with Crippen LogP contribution in [0.5, 0.6) is 0 Å². The largest absolute Gasteiger partial charge is 0.338 e. The van der Waals surface area contributed by atoms with E-state index in [4.69, 9.17) is 12.2 Å². The highest BCUT2D eigenvalue weighted by atomic mass is 32.1. The van der Waals surface area contributed by atoms with Crippen LogP contribution in [0.3, 0.4) is 0 Å².